The van der Waals surface area contributed by atoms with Crippen LogP contribution >= 0.6 is 0 Å². The van der Waals surface area contributed by atoms with Crippen LogP contribution in [-0.4, -0.2) is 35.2 Å². The third kappa shape index (κ3) is 3.05. The number of hydrogen-bond acceptors (Lipinski definition) is 4. The van der Waals surface area contributed by atoms with Crippen molar-refractivity contribution in [3.05, 3.63) is 29.7 Å². The van der Waals surface area contributed by atoms with Gasteiger partial charge in [-0.05, 0) is 31.2 Å². The third-order valence-corrected chi connectivity index (χ3v) is 2.71. The molecule has 92 valence electrons. The average Bonchev–Trinajstić information content (AvgIpc) is 2.65. The minimum Gasteiger partial charge on any atom is -0.441 e. The first-order chi connectivity index (χ1) is 8.19. The van der Waals surface area contributed by atoms with E-state index in [1.54, 1.807) is 0 Å². The van der Waals surface area contributed by atoms with E-state index in [-0.39, 0.29) is 6.61 Å². The Morgan fingerprint density at radius 2 is 2.24 bits per heavy atom. The van der Waals surface area contributed by atoms with Gasteiger partial charge < -0.3 is 14.4 Å². The van der Waals surface area contributed by atoms with Gasteiger partial charge in [-0.15, -0.1) is 0 Å². The summed E-state index contributed by atoms with van der Waals surface area (Å²) < 4.78 is 5.50. The smallest absolute Gasteiger partial charge is 0.192 e. The summed E-state index contributed by atoms with van der Waals surface area (Å²) in [7, 11) is 2.05. The number of aromatic nitrogens is 1. The third-order valence-electron chi connectivity index (χ3n) is 2.71. The van der Waals surface area contributed by atoms with Crippen LogP contribution < -0.4 is 0 Å². The molecular formula is C13H18N2O2. The van der Waals surface area contributed by atoms with Gasteiger partial charge in [0.15, 0.2) is 11.5 Å². The highest BCUT2D eigenvalue weighted by atomic mass is 16.3. The molecule has 0 radical (unpaired) electrons. The van der Waals surface area contributed by atoms with Gasteiger partial charge in [0, 0.05) is 26.6 Å². The van der Waals surface area contributed by atoms with Crippen LogP contribution in [0.4, 0.5) is 0 Å². The first-order valence-electron chi connectivity index (χ1n) is 5.84. The molecule has 0 saturated heterocycles. The van der Waals surface area contributed by atoms with E-state index in [1.165, 1.54) is 5.56 Å². The number of fused-ring (bicyclic) bond motifs is 1. The summed E-state index contributed by atoms with van der Waals surface area (Å²) in [5.41, 5.74) is 2.95. The fourth-order valence-electron chi connectivity index (χ4n) is 1.91. The van der Waals surface area contributed by atoms with Crippen molar-refractivity contribution in [2.24, 2.45) is 0 Å². The van der Waals surface area contributed by atoms with Crippen molar-refractivity contribution in [2.75, 3.05) is 20.2 Å². The lowest BCUT2D eigenvalue weighted by Crippen LogP contribution is -2.19. The van der Waals surface area contributed by atoms with Crippen LogP contribution in [0, 0.1) is 6.92 Å². The molecule has 4 heteroatoms. The maximum atomic E-state index is 8.78. The Labute approximate surface area is 101 Å². The van der Waals surface area contributed by atoms with Gasteiger partial charge in [-0.25, -0.2) is 4.98 Å². The lowest BCUT2D eigenvalue weighted by Gasteiger charge is -2.15. The van der Waals surface area contributed by atoms with E-state index in [0.29, 0.717) is 5.89 Å². The maximum Gasteiger partial charge on any atom is 0.192 e. The van der Waals surface area contributed by atoms with Crippen molar-refractivity contribution in [2.45, 2.75) is 19.9 Å². The zero-order valence-corrected chi connectivity index (χ0v) is 10.3. The van der Waals surface area contributed by atoms with Gasteiger partial charge in [0.1, 0.15) is 5.52 Å². The molecule has 1 heterocycles. The molecule has 0 aliphatic carbocycles. The van der Waals surface area contributed by atoms with Crippen molar-refractivity contribution < 1.29 is 9.52 Å². The first-order valence-corrected chi connectivity index (χ1v) is 5.84. The SMILES string of the molecule is Cc1nc2ccc(CN(C)CCCO)cc2o1. The molecule has 0 atom stereocenters. The summed E-state index contributed by atoms with van der Waals surface area (Å²) in [5, 5.41) is 8.78. The first kappa shape index (κ1) is 12.1. The molecule has 0 fully saturated rings. The summed E-state index contributed by atoms with van der Waals surface area (Å²) in [6, 6.07) is 6.09. The number of benzene rings is 1. The molecule has 0 saturated carbocycles. The Morgan fingerprint density at radius 3 is 3.00 bits per heavy atom. The highest BCUT2D eigenvalue weighted by Crippen LogP contribution is 2.17. The van der Waals surface area contributed by atoms with E-state index < -0.39 is 0 Å². The highest BCUT2D eigenvalue weighted by molar-refractivity contribution is 5.73. The summed E-state index contributed by atoms with van der Waals surface area (Å²) in [4.78, 5) is 6.45. The van der Waals surface area contributed by atoms with E-state index >= 15 is 0 Å². The molecule has 0 unspecified atom stereocenters. The second-order valence-electron chi connectivity index (χ2n) is 4.35. The van der Waals surface area contributed by atoms with Crippen LogP contribution in [0.25, 0.3) is 11.1 Å². The molecule has 17 heavy (non-hydrogen) atoms. The Bertz CT molecular complexity index is 493. The second kappa shape index (κ2) is 5.29. The molecular weight excluding hydrogens is 216 g/mol. The van der Waals surface area contributed by atoms with Gasteiger partial charge in [0.2, 0.25) is 0 Å². The fraction of sp³-hybridized carbons (Fsp3) is 0.462. The van der Waals surface area contributed by atoms with Crippen molar-refractivity contribution in [1.29, 1.82) is 0 Å². The normalized spacial score (nSPS) is 11.5. The quantitative estimate of drug-likeness (QED) is 0.859. The van der Waals surface area contributed by atoms with Gasteiger partial charge in [-0.2, -0.15) is 0 Å². The number of aryl methyl sites for hydroxylation is 1. The van der Waals surface area contributed by atoms with E-state index in [9.17, 15) is 0 Å². The van der Waals surface area contributed by atoms with Crippen LogP contribution in [0.2, 0.25) is 0 Å². The Hall–Kier alpha value is -1.39. The molecule has 0 aliphatic rings. The lowest BCUT2D eigenvalue weighted by molar-refractivity contribution is 0.244. The van der Waals surface area contributed by atoms with Gasteiger partial charge in [0.05, 0.1) is 0 Å². The Morgan fingerprint density at radius 1 is 1.41 bits per heavy atom. The van der Waals surface area contributed by atoms with Crippen molar-refractivity contribution in [1.82, 2.24) is 9.88 Å². The predicted octanol–water partition coefficient (Wildman–Crippen LogP) is 1.95. The highest BCUT2D eigenvalue weighted by Gasteiger charge is 2.05. The van der Waals surface area contributed by atoms with Crippen molar-refractivity contribution in [3.63, 3.8) is 0 Å². The molecule has 4 nitrogen and oxygen atoms in total. The van der Waals surface area contributed by atoms with E-state index in [4.69, 9.17) is 9.52 Å². The van der Waals surface area contributed by atoms with Crippen molar-refractivity contribution in [3.8, 4) is 0 Å². The van der Waals surface area contributed by atoms with Gasteiger partial charge in [-0.3, -0.25) is 0 Å². The van der Waals surface area contributed by atoms with Crippen LogP contribution in [0.3, 0.4) is 0 Å². The topological polar surface area (TPSA) is 49.5 Å². The fourth-order valence-corrected chi connectivity index (χ4v) is 1.91. The predicted molar refractivity (Wildman–Crippen MR) is 66.8 cm³/mol. The molecule has 0 spiro atoms. The Kier molecular flexibility index (Phi) is 3.76. The minimum atomic E-state index is 0.241. The van der Waals surface area contributed by atoms with Gasteiger partial charge in [-0.1, -0.05) is 6.07 Å². The molecule has 1 N–H and O–H groups in total. The van der Waals surface area contributed by atoms with Crippen molar-refractivity contribution >= 4 is 11.1 Å². The standard InChI is InChI=1S/C13H18N2O2/c1-10-14-12-5-4-11(8-13(12)17-10)9-15(2)6-3-7-16/h4-5,8,16H,3,6-7,9H2,1-2H3. The molecule has 1 aromatic heterocycles. The zero-order valence-electron chi connectivity index (χ0n) is 10.3. The van der Waals surface area contributed by atoms with Crippen LogP contribution in [-0.2, 0) is 6.54 Å². The summed E-state index contributed by atoms with van der Waals surface area (Å²) in [6.45, 7) is 3.84. The zero-order chi connectivity index (χ0) is 12.3. The average molecular weight is 234 g/mol. The molecule has 2 rings (SSSR count). The summed E-state index contributed by atoms with van der Waals surface area (Å²) >= 11 is 0. The van der Waals surface area contributed by atoms with Gasteiger partial charge in [0.25, 0.3) is 0 Å². The van der Waals surface area contributed by atoms with Gasteiger partial charge >= 0.3 is 0 Å². The number of rotatable bonds is 5. The molecule has 0 bridgehead atoms. The van der Waals surface area contributed by atoms with Crippen LogP contribution in [0.15, 0.2) is 22.6 Å². The number of nitrogens with zero attached hydrogens (tertiary/aromatic N) is 2. The maximum absolute atomic E-state index is 8.78. The second-order valence-corrected chi connectivity index (χ2v) is 4.35. The molecule has 0 amide bonds. The van der Waals surface area contributed by atoms with E-state index in [2.05, 4.69) is 16.0 Å². The molecule has 1 aromatic carbocycles. The Balaban J connectivity index is 2.08. The number of aliphatic hydroxyl groups is 1. The monoisotopic (exact) mass is 234 g/mol. The molecule has 0 aliphatic heterocycles. The minimum absolute atomic E-state index is 0.241. The lowest BCUT2D eigenvalue weighted by atomic mass is 10.2. The van der Waals surface area contributed by atoms with Crippen LogP contribution in [0.1, 0.15) is 17.9 Å². The van der Waals surface area contributed by atoms with E-state index in [1.807, 2.05) is 26.1 Å². The molecule has 2 aromatic rings. The largest absolute Gasteiger partial charge is 0.441 e. The number of aliphatic hydroxyl groups excluding tert-OH is 1. The summed E-state index contributed by atoms with van der Waals surface area (Å²) in [5.74, 6) is 0.700. The number of oxazole rings is 1. The number of hydrogen-bond donors (Lipinski definition) is 1. The van der Waals surface area contributed by atoms with Crippen LogP contribution in [0.5, 0.6) is 0 Å². The summed E-state index contributed by atoms with van der Waals surface area (Å²) in [6.07, 6.45) is 0.806. The van der Waals surface area contributed by atoms with E-state index in [0.717, 1.165) is 30.6 Å².